The van der Waals surface area contributed by atoms with Crippen LogP contribution in [-0.2, 0) is 0 Å². The Morgan fingerprint density at radius 2 is 2.15 bits per heavy atom. The van der Waals surface area contributed by atoms with E-state index in [9.17, 15) is 4.79 Å². The molecule has 106 valence electrons. The van der Waals surface area contributed by atoms with Crippen LogP contribution in [0, 0.1) is 0 Å². The van der Waals surface area contributed by atoms with Gasteiger partial charge in [-0.05, 0) is 32.9 Å². The number of amides is 1. The van der Waals surface area contributed by atoms with Gasteiger partial charge in [0.2, 0.25) is 0 Å². The Kier molecular flexibility index (Phi) is 4.34. The zero-order valence-electron chi connectivity index (χ0n) is 11.9. The number of anilines is 2. The zero-order valence-corrected chi connectivity index (χ0v) is 11.9. The van der Waals surface area contributed by atoms with Crippen molar-refractivity contribution in [2.45, 2.75) is 26.8 Å². The third kappa shape index (κ3) is 3.14. The molecular formula is C14H19N5O. The van der Waals surface area contributed by atoms with Gasteiger partial charge in [0.25, 0.3) is 5.91 Å². The summed E-state index contributed by atoms with van der Waals surface area (Å²) >= 11 is 0. The molecule has 0 bridgehead atoms. The minimum absolute atomic E-state index is 0.189. The van der Waals surface area contributed by atoms with Crippen LogP contribution in [0.2, 0.25) is 0 Å². The quantitative estimate of drug-likeness (QED) is 0.878. The van der Waals surface area contributed by atoms with E-state index in [1.807, 2.05) is 20.8 Å². The summed E-state index contributed by atoms with van der Waals surface area (Å²) in [6, 6.07) is 5.50. The third-order valence-electron chi connectivity index (χ3n) is 2.78. The molecule has 0 saturated heterocycles. The molecule has 2 aromatic rings. The molecule has 0 atom stereocenters. The number of pyridine rings is 1. The first-order valence-electron chi connectivity index (χ1n) is 6.66. The molecule has 0 saturated carbocycles. The maximum absolute atomic E-state index is 12.1. The van der Waals surface area contributed by atoms with Crippen LogP contribution in [0.5, 0.6) is 0 Å². The second-order valence-electron chi connectivity index (χ2n) is 4.67. The van der Waals surface area contributed by atoms with E-state index in [0.717, 1.165) is 12.4 Å². The lowest BCUT2D eigenvalue weighted by Crippen LogP contribution is -2.17. The van der Waals surface area contributed by atoms with Gasteiger partial charge in [-0.15, -0.1) is 0 Å². The number of carbonyl (C=O) groups is 1. The molecule has 0 aromatic carbocycles. The van der Waals surface area contributed by atoms with Crippen LogP contribution in [0.3, 0.4) is 0 Å². The predicted molar refractivity (Wildman–Crippen MR) is 79.0 cm³/mol. The van der Waals surface area contributed by atoms with E-state index >= 15 is 0 Å². The second kappa shape index (κ2) is 6.18. The van der Waals surface area contributed by atoms with Gasteiger partial charge in [0, 0.05) is 24.8 Å². The van der Waals surface area contributed by atoms with Crippen LogP contribution in [0.1, 0.15) is 37.2 Å². The molecule has 0 spiro atoms. The molecule has 2 rings (SSSR count). The number of rotatable bonds is 5. The molecule has 0 aliphatic carbocycles. The van der Waals surface area contributed by atoms with Crippen molar-refractivity contribution in [3.63, 3.8) is 0 Å². The van der Waals surface area contributed by atoms with Gasteiger partial charge in [0.05, 0.1) is 11.8 Å². The number of nitrogens with one attached hydrogen (secondary N) is 2. The summed E-state index contributed by atoms with van der Waals surface area (Å²) in [5.41, 5.74) is 0.517. The first kappa shape index (κ1) is 14.0. The summed E-state index contributed by atoms with van der Waals surface area (Å²) in [5, 5.41) is 10.1. The lowest BCUT2D eigenvalue weighted by atomic mass is 10.2. The highest BCUT2D eigenvalue weighted by atomic mass is 16.1. The van der Waals surface area contributed by atoms with Gasteiger partial charge in [-0.25, -0.2) is 9.67 Å². The molecular weight excluding hydrogens is 254 g/mol. The zero-order chi connectivity index (χ0) is 14.5. The van der Waals surface area contributed by atoms with Crippen LogP contribution < -0.4 is 10.6 Å². The summed E-state index contributed by atoms with van der Waals surface area (Å²) in [6.45, 7) is 6.81. The molecule has 0 aliphatic rings. The molecule has 0 radical (unpaired) electrons. The van der Waals surface area contributed by atoms with E-state index in [1.54, 1.807) is 35.3 Å². The van der Waals surface area contributed by atoms with Crippen molar-refractivity contribution in [2.75, 3.05) is 17.2 Å². The van der Waals surface area contributed by atoms with Gasteiger partial charge < -0.3 is 10.6 Å². The van der Waals surface area contributed by atoms with Gasteiger partial charge in [0.15, 0.2) is 0 Å². The van der Waals surface area contributed by atoms with E-state index in [1.165, 1.54) is 0 Å². The van der Waals surface area contributed by atoms with Crippen molar-refractivity contribution in [1.29, 1.82) is 0 Å². The largest absolute Gasteiger partial charge is 0.370 e. The fourth-order valence-corrected chi connectivity index (χ4v) is 1.83. The molecule has 1 amide bonds. The normalized spacial score (nSPS) is 10.6. The van der Waals surface area contributed by atoms with Crippen LogP contribution in [0.4, 0.5) is 11.6 Å². The standard InChI is InChI=1S/C14H19N5O/c1-4-15-12-6-5-11(9-16-12)14(20)18-13-7-8-17-19(13)10(2)3/h5-10H,4H2,1-3H3,(H,15,16)(H,18,20). The van der Waals surface area contributed by atoms with Crippen molar-refractivity contribution in [2.24, 2.45) is 0 Å². The molecule has 2 heterocycles. The van der Waals surface area contributed by atoms with E-state index < -0.39 is 0 Å². The van der Waals surface area contributed by atoms with Gasteiger partial charge in [-0.2, -0.15) is 5.10 Å². The van der Waals surface area contributed by atoms with Crippen molar-refractivity contribution in [1.82, 2.24) is 14.8 Å². The highest BCUT2D eigenvalue weighted by Gasteiger charge is 2.11. The van der Waals surface area contributed by atoms with E-state index in [4.69, 9.17) is 0 Å². The number of aromatic nitrogens is 3. The SMILES string of the molecule is CCNc1ccc(C(=O)Nc2ccnn2C(C)C)cn1. The van der Waals surface area contributed by atoms with Gasteiger partial charge >= 0.3 is 0 Å². The Balaban J connectivity index is 2.09. The van der Waals surface area contributed by atoms with Crippen molar-refractivity contribution >= 4 is 17.5 Å². The monoisotopic (exact) mass is 273 g/mol. The average Bonchev–Trinajstić information content (AvgIpc) is 2.88. The Morgan fingerprint density at radius 3 is 2.75 bits per heavy atom. The Hall–Kier alpha value is -2.37. The summed E-state index contributed by atoms with van der Waals surface area (Å²) < 4.78 is 1.76. The Morgan fingerprint density at radius 1 is 1.35 bits per heavy atom. The maximum atomic E-state index is 12.1. The molecule has 0 aliphatic heterocycles. The van der Waals surface area contributed by atoms with Crippen LogP contribution >= 0.6 is 0 Å². The van der Waals surface area contributed by atoms with Crippen molar-refractivity contribution in [3.05, 3.63) is 36.2 Å². The lowest BCUT2D eigenvalue weighted by molar-refractivity contribution is 0.102. The molecule has 6 heteroatoms. The Labute approximate surface area is 118 Å². The third-order valence-corrected chi connectivity index (χ3v) is 2.78. The minimum atomic E-state index is -0.192. The number of nitrogens with zero attached hydrogens (tertiary/aromatic N) is 3. The summed E-state index contributed by atoms with van der Waals surface area (Å²) in [6.07, 6.45) is 3.23. The molecule has 2 aromatic heterocycles. The molecule has 0 unspecified atom stereocenters. The predicted octanol–water partition coefficient (Wildman–Crippen LogP) is 2.54. The topological polar surface area (TPSA) is 71.8 Å². The molecule has 20 heavy (non-hydrogen) atoms. The number of hydrogen-bond donors (Lipinski definition) is 2. The average molecular weight is 273 g/mol. The smallest absolute Gasteiger partial charge is 0.258 e. The van der Waals surface area contributed by atoms with Crippen molar-refractivity contribution in [3.8, 4) is 0 Å². The lowest BCUT2D eigenvalue weighted by Gasteiger charge is -2.11. The molecule has 2 N–H and O–H groups in total. The second-order valence-corrected chi connectivity index (χ2v) is 4.67. The number of hydrogen-bond acceptors (Lipinski definition) is 4. The van der Waals surface area contributed by atoms with E-state index in [2.05, 4.69) is 20.7 Å². The first-order chi connectivity index (χ1) is 9.61. The summed E-state index contributed by atoms with van der Waals surface area (Å²) in [7, 11) is 0. The molecule has 6 nitrogen and oxygen atoms in total. The summed E-state index contributed by atoms with van der Waals surface area (Å²) in [4.78, 5) is 16.3. The minimum Gasteiger partial charge on any atom is -0.370 e. The highest BCUT2D eigenvalue weighted by Crippen LogP contribution is 2.14. The fraction of sp³-hybridized carbons (Fsp3) is 0.357. The van der Waals surface area contributed by atoms with Crippen LogP contribution in [0.15, 0.2) is 30.6 Å². The number of carbonyl (C=O) groups excluding carboxylic acids is 1. The molecule has 0 fully saturated rings. The van der Waals surface area contributed by atoms with Gasteiger partial charge in [-0.1, -0.05) is 0 Å². The van der Waals surface area contributed by atoms with E-state index in [0.29, 0.717) is 11.4 Å². The highest BCUT2D eigenvalue weighted by molar-refractivity contribution is 6.03. The maximum Gasteiger partial charge on any atom is 0.258 e. The first-order valence-corrected chi connectivity index (χ1v) is 6.66. The van der Waals surface area contributed by atoms with Crippen LogP contribution in [-0.4, -0.2) is 27.2 Å². The van der Waals surface area contributed by atoms with Crippen molar-refractivity contribution < 1.29 is 4.79 Å². The van der Waals surface area contributed by atoms with Crippen LogP contribution in [0.25, 0.3) is 0 Å². The summed E-state index contributed by atoms with van der Waals surface area (Å²) in [5.74, 6) is 1.25. The van der Waals surface area contributed by atoms with E-state index in [-0.39, 0.29) is 11.9 Å². The fourth-order valence-electron chi connectivity index (χ4n) is 1.83. The van der Waals surface area contributed by atoms with Gasteiger partial charge in [0.1, 0.15) is 11.6 Å². The van der Waals surface area contributed by atoms with Gasteiger partial charge in [-0.3, -0.25) is 4.79 Å². The Bertz CT molecular complexity index is 574.